The first kappa shape index (κ1) is 12.8. The van der Waals surface area contributed by atoms with Crippen molar-refractivity contribution in [3.63, 3.8) is 0 Å². The Labute approximate surface area is 118 Å². The minimum atomic E-state index is 0.483. The number of thiazole rings is 1. The molecule has 0 fully saturated rings. The highest BCUT2D eigenvalue weighted by Crippen LogP contribution is 2.37. The van der Waals surface area contributed by atoms with E-state index in [9.17, 15) is 0 Å². The smallest absolute Gasteiger partial charge is 0.107 e. The van der Waals surface area contributed by atoms with Crippen LogP contribution in [0.4, 0.5) is 0 Å². The molecule has 2 aromatic rings. The van der Waals surface area contributed by atoms with Gasteiger partial charge in [-0.2, -0.15) is 0 Å². The van der Waals surface area contributed by atoms with Gasteiger partial charge < -0.3 is 5.32 Å². The number of nitrogens with zero attached hydrogens (tertiary/aromatic N) is 1. The molecule has 0 radical (unpaired) electrons. The van der Waals surface area contributed by atoms with E-state index in [2.05, 4.69) is 48.4 Å². The van der Waals surface area contributed by atoms with E-state index in [1.807, 2.05) is 6.20 Å². The van der Waals surface area contributed by atoms with Crippen LogP contribution in [0.5, 0.6) is 0 Å². The molecule has 0 spiro atoms. The molecule has 2 nitrogen and oxygen atoms in total. The van der Waals surface area contributed by atoms with Crippen molar-refractivity contribution in [2.24, 2.45) is 0 Å². The molecule has 3 rings (SSSR count). The number of rotatable bonds is 3. The average Bonchev–Trinajstić information content (AvgIpc) is 2.84. The summed E-state index contributed by atoms with van der Waals surface area (Å²) < 4.78 is 0. The van der Waals surface area contributed by atoms with E-state index in [1.165, 1.54) is 33.9 Å². The molecular weight excluding hydrogens is 252 g/mol. The van der Waals surface area contributed by atoms with E-state index in [-0.39, 0.29) is 0 Å². The molecule has 1 aromatic carbocycles. The third-order valence-electron chi connectivity index (χ3n) is 3.96. The number of benzene rings is 1. The van der Waals surface area contributed by atoms with Crippen LogP contribution < -0.4 is 5.32 Å². The second kappa shape index (κ2) is 5.43. The molecule has 0 amide bonds. The SMILES string of the molecule is Cc1cnc(CNC2CCC(C)c3ccccc32)s1. The Morgan fingerprint density at radius 2 is 2.05 bits per heavy atom. The van der Waals surface area contributed by atoms with E-state index in [1.54, 1.807) is 11.3 Å². The lowest BCUT2D eigenvalue weighted by Crippen LogP contribution is -2.25. The number of fused-ring (bicyclic) bond motifs is 1. The second-order valence-electron chi connectivity index (χ2n) is 5.41. The van der Waals surface area contributed by atoms with Crippen LogP contribution in [0.3, 0.4) is 0 Å². The van der Waals surface area contributed by atoms with Gasteiger partial charge in [-0.25, -0.2) is 4.98 Å². The Kier molecular flexibility index (Phi) is 3.67. The monoisotopic (exact) mass is 272 g/mol. The molecule has 1 heterocycles. The zero-order chi connectivity index (χ0) is 13.2. The predicted octanol–water partition coefficient (Wildman–Crippen LogP) is 4.18. The van der Waals surface area contributed by atoms with Gasteiger partial charge >= 0.3 is 0 Å². The van der Waals surface area contributed by atoms with Crippen LogP contribution in [0.1, 0.15) is 52.7 Å². The van der Waals surface area contributed by atoms with Crippen molar-refractivity contribution >= 4 is 11.3 Å². The van der Waals surface area contributed by atoms with Crippen LogP contribution in [-0.2, 0) is 6.54 Å². The lowest BCUT2D eigenvalue weighted by Gasteiger charge is -2.30. The average molecular weight is 272 g/mol. The van der Waals surface area contributed by atoms with E-state index < -0.39 is 0 Å². The first-order chi connectivity index (χ1) is 9.24. The fourth-order valence-corrected chi connectivity index (χ4v) is 3.65. The molecule has 0 saturated carbocycles. The highest BCUT2D eigenvalue weighted by molar-refractivity contribution is 7.11. The predicted molar refractivity (Wildman–Crippen MR) is 80.5 cm³/mol. The molecule has 19 heavy (non-hydrogen) atoms. The fraction of sp³-hybridized carbons (Fsp3) is 0.438. The molecule has 0 saturated heterocycles. The topological polar surface area (TPSA) is 24.9 Å². The Morgan fingerprint density at radius 3 is 2.79 bits per heavy atom. The van der Waals surface area contributed by atoms with Gasteiger partial charge in [0.25, 0.3) is 0 Å². The summed E-state index contributed by atoms with van der Waals surface area (Å²) in [7, 11) is 0. The van der Waals surface area contributed by atoms with E-state index in [0.717, 1.165) is 6.54 Å². The summed E-state index contributed by atoms with van der Waals surface area (Å²) in [5.74, 6) is 0.691. The minimum Gasteiger partial charge on any atom is -0.304 e. The summed E-state index contributed by atoms with van der Waals surface area (Å²) >= 11 is 1.78. The van der Waals surface area contributed by atoms with Crippen LogP contribution in [0.25, 0.3) is 0 Å². The van der Waals surface area contributed by atoms with Gasteiger partial charge in [-0.15, -0.1) is 11.3 Å². The zero-order valence-electron chi connectivity index (χ0n) is 11.5. The molecule has 2 atom stereocenters. The molecule has 1 aliphatic carbocycles. The van der Waals surface area contributed by atoms with Gasteiger partial charge in [0, 0.05) is 23.7 Å². The van der Waals surface area contributed by atoms with Crippen LogP contribution >= 0.6 is 11.3 Å². The maximum absolute atomic E-state index is 4.43. The van der Waals surface area contributed by atoms with E-state index in [0.29, 0.717) is 12.0 Å². The summed E-state index contributed by atoms with van der Waals surface area (Å²) in [6, 6.07) is 9.34. The van der Waals surface area contributed by atoms with Crippen molar-refractivity contribution in [2.45, 2.75) is 45.2 Å². The normalized spacial score (nSPS) is 22.2. The van der Waals surface area contributed by atoms with Gasteiger partial charge in [0.2, 0.25) is 0 Å². The summed E-state index contributed by atoms with van der Waals surface area (Å²) in [6.45, 7) is 5.32. The van der Waals surface area contributed by atoms with Crippen LogP contribution in [0.15, 0.2) is 30.5 Å². The molecule has 1 aliphatic rings. The molecule has 1 N–H and O–H groups in total. The third-order valence-corrected chi connectivity index (χ3v) is 4.87. The van der Waals surface area contributed by atoms with Crippen molar-refractivity contribution in [1.29, 1.82) is 0 Å². The molecule has 2 unspecified atom stereocenters. The third kappa shape index (κ3) is 2.72. The number of hydrogen-bond donors (Lipinski definition) is 1. The molecule has 0 bridgehead atoms. The van der Waals surface area contributed by atoms with E-state index in [4.69, 9.17) is 0 Å². The van der Waals surface area contributed by atoms with Crippen molar-refractivity contribution in [1.82, 2.24) is 10.3 Å². The van der Waals surface area contributed by atoms with Crippen molar-refractivity contribution in [3.05, 3.63) is 51.5 Å². The highest BCUT2D eigenvalue weighted by atomic mass is 32.1. The summed E-state index contributed by atoms with van der Waals surface area (Å²) in [4.78, 5) is 5.71. The lowest BCUT2D eigenvalue weighted by molar-refractivity contribution is 0.431. The molecule has 1 aromatic heterocycles. The van der Waals surface area contributed by atoms with Crippen molar-refractivity contribution in [2.75, 3.05) is 0 Å². The Balaban J connectivity index is 1.74. The molecule has 0 aliphatic heterocycles. The summed E-state index contributed by atoms with van der Waals surface area (Å²) in [6.07, 6.45) is 4.45. The van der Waals surface area contributed by atoms with Crippen LogP contribution in [0.2, 0.25) is 0 Å². The van der Waals surface area contributed by atoms with Gasteiger partial charge in [0.15, 0.2) is 0 Å². The zero-order valence-corrected chi connectivity index (χ0v) is 12.3. The van der Waals surface area contributed by atoms with Gasteiger partial charge in [-0.3, -0.25) is 0 Å². The number of nitrogens with one attached hydrogen (secondary N) is 1. The van der Waals surface area contributed by atoms with Crippen LogP contribution in [-0.4, -0.2) is 4.98 Å². The Bertz CT molecular complexity index is 561. The fourth-order valence-electron chi connectivity index (χ4n) is 2.91. The summed E-state index contributed by atoms with van der Waals surface area (Å²) in [5, 5.41) is 4.86. The quantitative estimate of drug-likeness (QED) is 0.906. The Morgan fingerprint density at radius 1 is 1.26 bits per heavy atom. The van der Waals surface area contributed by atoms with Gasteiger partial charge in [-0.1, -0.05) is 31.2 Å². The molecule has 100 valence electrons. The number of aryl methyl sites for hydroxylation is 1. The highest BCUT2D eigenvalue weighted by Gasteiger charge is 2.23. The summed E-state index contributed by atoms with van der Waals surface area (Å²) in [5.41, 5.74) is 3.00. The maximum atomic E-state index is 4.43. The Hall–Kier alpha value is -1.19. The van der Waals surface area contributed by atoms with Gasteiger partial charge in [0.05, 0.1) is 0 Å². The first-order valence-electron chi connectivity index (χ1n) is 6.97. The van der Waals surface area contributed by atoms with Crippen molar-refractivity contribution < 1.29 is 0 Å². The van der Waals surface area contributed by atoms with Gasteiger partial charge in [0.1, 0.15) is 5.01 Å². The first-order valence-corrected chi connectivity index (χ1v) is 7.79. The number of aromatic nitrogens is 1. The lowest BCUT2D eigenvalue weighted by atomic mass is 9.81. The number of hydrogen-bond acceptors (Lipinski definition) is 3. The maximum Gasteiger partial charge on any atom is 0.107 e. The van der Waals surface area contributed by atoms with Gasteiger partial charge in [-0.05, 0) is 36.8 Å². The minimum absolute atomic E-state index is 0.483. The molecular formula is C16H20N2S. The van der Waals surface area contributed by atoms with Crippen molar-refractivity contribution in [3.8, 4) is 0 Å². The molecule has 3 heteroatoms. The largest absolute Gasteiger partial charge is 0.304 e. The van der Waals surface area contributed by atoms with E-state index >= 15 is 0 Å². The standard InChI is InChI=1S/C16H20N2S/c1-11-7-8-15(14-6-4-3-5-13(11)14)17-10-16-18-9-12(2)19-16/h3-6,9,11,15,17H,7-8,10H2,1-2H3. The second-order valence-corrected chi connectivity index (χ2v) is 6.72. The van der Waals surface area contributed by atoms with Crippen LogP contribution in [0, 0.1) is 6.92 Å².